The molecule has 2 N–H and O–H groups in total. The van der Waals surface area contributed by atoms with Crippen molar-refractivity contribution in [1.29, 1.82) is 0 Å². The molecule has 2 nitrogen and oxygen atoms in total. The number of nitrogens with two attached hydrogens (primary N) is 1. The van der Waals surface area contributed by atoms with Gasteiger partial charge in [-0.2, -0.15) is 0 Å². The predicted molar refractivity (Wildman–Crippen MR) is 82.0 cm³/mol. The van der Waals surface area contributed by atoms with Gasteiger partial charge in [-0.3, -0.25) is 0 Å². The second-order valence-corrected chi connectivity index (χ2v) is 5.07. The summed E-state index contributed by atoms with van der Waals surface area (Å²) in [6, 6.07) is 18.8. The smallest absolute Gasteiger partial charge is 0.0314 e. The van der Waals surface area contributed by atoms with Gasteiger partial charge in [0, 0.05) is 12.2 Å². The number of rotatable bonds is 6. The Labute approximate surface area is 115 Å². The molecule has 0 atom stereocenters. The summed E-state index contributed by atoms with van der Waals surface area (Å²) in [5.41, 5.74) is 9.25. The van der Waals surface area contributed by atoms with E-state index in [0.29, 0.717) is 0 Å². The summed E-state index contributed by atoms with van der Waals surface area (Å²) in [6.45, 7) is 2.09. The maximum Gasteiger partial charge on any atom is 0.0314 e. The van der Waals surface area contributed by atoms with Gasteiger partial charge >= 0.3 is 0 Å². The first-order valence-electron chi connectivity index (χ1n) is 6.81. The summed E-state index contributed by atoms with van der Waals surface area (Å²) < 4.78 is 0. The van der Waals surface area contributed by atoms with Gasteiger partial charge in [0.2, 0.25) is 0 Å². The van der Waals surface area contributed by atoms with Crippen molar-refractivity contribution in [1.82, 2.24) is 4.90 Å². The molecule has 2 aromatic carbocycles. The van der Waals surface area contributed by atoms with Crippen molar-refractivity contribution in [3.8, 4) is 0 Å². The molecule has 0 saturated heterocycles. The van der Waals surface area contributed by atoms with Gasteiger partial charge in [-0.1, -0.05) is 42.5 Å². The van der Waals surface area contributed by atoms with Crippen LogP contribution >= 0.6 is 0 Å². The Balaban J connectivity index is 1.73. The summed E-state index contributed by atoms with van der Waals surface area (Å²) >= 11 is 0. The van der Waals surface area contributed by atoms with E-state index in [4.69, 9.17) is 5.73 Å². The molecule has 0 bridgehead atoms. The lowest BCUT2D eigenvalue weighted by Gasteiger charge is -2.16. The van der Waals surface area contributed by atoms with Crippen molar-refractivity contribution < 1.29 is 0 Å². The zero-order valence-corrected chi connectivity index (χ0v) is 11.5. The molecule has 0 unspecified atom stereocenters. The standard InChI is InChI=1S/C17H22N2/c1-19(14-16-9-11-17(18)12-10-16)13-5-8-15-6-3-2-4-7-15/h2-4,6-7,9-12H,5,8,13-14,18H2,1H3. The molecule has 2 aromatic rings. The normalized spacial score (nSPS) is 10.8. The summed E-state index contributed by atoms with van der Waals surface area (Å²) in [7, 11) is 2.17. The van der Waals surface area contributed by atoms with Crippen molar-refractivity contribution in [3.63, 3.8) is 0 Å². The van der Waals surface area contributed by atoms with E-state index in [9.17, 15) is 0 Å². The Morgan fingerprint density at radius 1 is 0.895 bits per heavy atom. The Morgan fingerprint density at radius 2 is 1.58 bits per heavy atom. The van der Waals surface area contributed by atoms with Crippen LogP contribution in [0.4, 0.5) is 5.69 Å². The van der Waals surface area contributed by atoms with Crippen LogP contribution in [-0.4, -0.2) is 18.5 Å². The highest BCUT2D eigenvalue weighted by molar-refractivity contribution is 5.39. The molecule has 100 valence electrons. The maximum absolute atomic E-state index is 5.69. The van der Waals surface area contributed by atoms with Crippen molar-refractivity contribution in [2.75, 3.05) is 19.3 Å². The average molecular weight is 254 g/mol. The lowest BCUT2D eigenvalue weighted by atomic mass is 10.1. The van der Waals surface area contributed by atoms with Gasteiger partial charge in [0.05, 0.1) is 0 Å². The Bertz CT molecular complexity index is 476. The molecule has 0 amide bonds. The first kappa shape index (κ1) is 13.6. The van der Waals surface area contributed by atoms with Gasteiger partial charge in [0.1, 0.15) is 0 Å². The first-order chi connectivity index (χ1) is 9.24. The number of nitrogen functional groups attached to an aromatic ring is 1. The molecular weight excluding hydrogens is 232 g/mol. The van der Waals surface area contributed by atoms with Crippen LogP contribution in [0.2, 0.25) is 0 Å². The molecule has 0 aromatic heterocycles. The van der Waals surface area contributed by atoms with Crippen LogP contribution < -0.4 is 5.73 Å². The molecule has 0 saturated carbocycles. The van der Waals surface area contributed by atoms with Gasteiger partial charge in [0.15, 0.2) is 0 Å². The van der Waals surface area contributed by atoms with E-state index in [1.165, 1.54) is 17.5 Å². The Hall–Kier alpha value is -1.80. The van der Waals surface area contributed by atoms with Crippen molar-refractivity contribution >= 4 is 5.69 Å². The number of anilines is 1. The molecule has 0 aliphatic rings. The SMILES string of the molecule is CN(CCCc1ccccc1)Cc1ccc(N)cc1. The van der Waals surface area contributed by atoms with Gasteiger partial charge in [0.25, 0.3) is 0 Å². The molecule has 0 aliphatic carbocycles. The minimum absolute atomic E-state index is 0.829. The second kappa shape index (κ2) is 6.95. The fourth-order valence-electron chi connectivity index (χ4n) is 2.21. The molecule has 0 aliphatic heterocycles. The van der Waals surface area contributed by atoms with E-state index < -0.39 is 0 Å². The van der Waals surface area contributed by atoms with Gasteiger partial charge < -0.3 is 10.6 Å². The average Bonchev–Trinajstić information content (AvgIpc) is 2.43. The Morgan fingerprint density at radius 3 is 2.26 bits per heavy atom. The van der Waals surface area contributed by atoms with Crippen molar-refractivity contribution in [2.45, 2.75) is 19.4 Å². The maximum atomic E-state index is 5.69. The first-order valence-corrected chi connectivity index (χ1v) is 6.81. The van der Waals surface area contributed by atoms with Gasteiger partial charge in [-0.05, 0) is 49.7 Å². The number of hydrogen-bond donors (Lipinski definition) is 1. The quantitative estimate of drug-likeness (QED) is 0.801. The lowest BCUT2D eigenvalue weighted by Crippen LogP contribution is -2.19. The summed E-state index contributed by atoms with van der Waals surface area (Å²) in [5.74, 6) is 0. The van der Waals surface area contributed by atoms with Gasteiger partial charge in [-0.25, -0.2) is 0 Å². The number of benzene rings is 2. The van der Waals surface area contributed by atoms with E-state index in [0.717, 1.165) is 25.2 Å². The molecular formula is C17H22N2. The molecule has 0 radical (unpaired) electrons. The van der Waals surface area contributed by atoms with Crippen LogP contribution in [0.15, 0.2) is 54.6 Å². The van der Waals surface area contributed by atoms with Crippen LogP contribution in [0, 0.1) is 0 Å². The highest BCUT2D eigenvalue weighted by Crippen LogP contribution is 2.09. The largest absolute Gasteiger partial charge is 0.399 e. The third-order valence-corrected chi connectivity index (χ3v) is 3.28. The Kier molecular flexibility index (Phi) is 4.99. The number of nitrogens with zero attached hydrogens (tertiary/aromatic N) is 1. The monoisotopic (exact) mass is 254 g/mol. The molecule has 2 heteroatoms. The number of aryl methyl sites for hydroxylation is 1. The van der Waals surface area contributed by atoms with Crippen molar-refractivity contribution in [2.24, 2.45) is 0 Å². The summed E-state index contributed by atoms with van der Waals surface area (Å²) in [6.07, 6.45) is 2.34. The third kappa shape index (κ3) is 4.76. The lowest BCUT2D eigenvalue weighted by molar-refractivity contribution is 0.322. The van der Waals surface area contributed by atoms with Crippen LogP contribution in [-0.2, 0) is 13.0 Å². The fourth-order valence-corrected chi connectivity index (χ4v) is 2.21. The fraction of sp³-hybridized carbons (Fsp3) is 0.294. The van der Waals surface area contributed by atoms with Crippen LogP contribution in [0.5, 0.6) is 0 Å². The summed E-state index contributed by atoms with van der Waals surface area (Å²) in [5, 5.41) is 0. The summed E-state index contributed by atoms with van der Waals surface area (Å²) in [4.78, 5) is 2.36. The third-order valence-electron chi connectivity index (χ3n) is 3.28. The predicted octanol–water partition coefficient (Wildman–Crippen LogP) is 3.33. The van der Waals surface area contributed by atoms with E-state index >= 15 is 0 Å². The molecule has 19 heavy (non-hydrogen) atoms. The van der Waals surface area contributed by atoms with E-state index in [-0.39, 0.29) is 0 Å². The van der Waals surface area contributed by atoms with Crippen LogP contribution in [0.1, 0.15) is 17.5 Å². The van der Waals surface area contributed by atoms with Gasteiger partial charge in [-0.15, -0.1) is 0 Å². The molecule has 0 heterocycles. The zero-order valence-electron chi connectivity index (χ0n) is 11.5. The number of hydrogen-bond acceptors (Lipinski definition) is 2. The van der Waals surface area contributed by atoms with E-state index in [2.05, 4.69) is 54.4 Å². The van der Waals surface area contributed by atoms with E-state index in [1.54, 1.807) is 0 Å². The van der Waals surface area contributed by atoms with Crippen molar-refractivity contribution in [3.05, 3.63) is 65.7 Å². The highest BCUT2D eigenvalue weighted by Gasteiger charge is 2.00. The minimum atomic E-state index is 0.829. The van der Waals surface area contributed by atoms with E-state index in [1.807, 2.05) is 12.1 Å². The molecule has 0 spiro atoms. The van der Waals surface area contributed by atoms with Crippen LogP contribution in [0.3, 0.4) is 0 Å². The molecule has 0 fully saturated rings. The second-order valence-electron chi connectivity index (χ2n) is 5.07. The van der Waals surface area contributed by atoms with Crippen LogP contribution in [0.25, 0.3) is 0 Å². The molecule has 2 rings (SSSR count). The minimum Gasteiger partial charge on any atom is -0.399 e. The topological polar surface area (TPSA) is 29.3 Å². The highest BCUT2D eigenvalue weighted by atomic mass is 15.1. The zero-order chi connectivity index (χ0) is 13.5.